The van der Waals surface area contributed by atoms with Crippen LogP contribution in [0.3, 0.4) is 0 Å². The highest BCUT2D eigenvalue weighted by atomic mass is 16.5. The van der Waals surface area contributed by atoms with Crippen LogP contribution < -0.4 is 19.5 Å². The van der Waals surface area contributed by atoms with E-state index in [-0.39, 0.29) is 11.3 Å². The average Bonchev–Trinajstić information content (AvgIpc) is 2.65. The SMILES string of the molecule is COc1cccc(OCCNC(=O)[C@@H](C)Oc2ccc(C(C)(C)C)cc2)c1. The van der Waals surface area contributed by atoms with Crippen molar-refractivity contribution in [2.24, 2.45) is 0 Å². The van der Waals surface area contributed by atoms with Gasteiger partial charge < -0.3 is 19.5 Å². The zero-order valence-electron chi connectivity index (χ0n) is 16.7. The molecule has 1 atom stereocenters. The Morgan fingerprint density at radius 2 is 1.70 bits per heavy atom. The summed E-state index contributed by atoms with van der Waals surface area (Å²) in [7, 11) is 1.61. The van der Waals surface area contributed by atoms with Crippen molar-refractivity contribution >= 4 is 5.91 Å². The number of carbonyl (C=O) groups is 1. The zero-order valence-corrected chi connectivity index (χ0v) is 16.7. The van der Waals surface area contributed by atoms with Gasteiger partial charge >= 0.3 is 0 Å². The third kappa shape index (κ3) is 6.51. The second kappa shape index (κ2) is 9.31. The van der Waals surface area contributed by atoms with E-state index in [0.717, 1.165) is 5.75 Å². The summed E-state index contributed by atoms with van der Waals surface area (Å²) >= 11 is 0. The van der Waals surface area contributed by atoms with E-state index >= 15 is 0 Å². The molecule has 5 heteroatoms. The maximum Gasteiger partial charge on any atom is 0.260 e. The number of ether oxygens (including phenoxy) is 3. The van der Waals surface area contributed by atoms with Crippen LogP contribution in [0.2, 0.25) is 0 Å². The van der Waals surface area contributed by atoms with Gasteiger partial charge in [-0.2, -0.15) is 0 Å². The molecule has 0 aliphatic carbocycles. The molecule has 0 unspecified atom stereocenters. The van der Waals surface area contributed by atoms with Crippen LogP contribution >= 0.6 is 0 Å². The predicted octanol–water partition coefficient (Wildman–Crippen LogP) is 3.96. The van der Waals surface area contributed by atoms with E-state index in [2.05, 4.69) is 26.1 Å². The molecule has 5 nitrogen and oxygen atoms in total. The van der Waals surface area contributed by atoms with Crippen molar-refractivity contribution < 1.29 is 19.0 Å². The molecule has 2 rings (SSSR count). The minimum Gasteiger partial charge on any atom is -0.497 e. The van der Waals surface area contributed by atoms with Crippen LogP contribution in [0.1, 0.15) is 33.3 Å². The number of hydrogen-bond donors (Lipinski definition) is 1. The first-order valence-corrected chi connectivity index (χ1v) is 9.11. The van der Waals surface area contributed by atoms with E-state index in [1.54, 1.807) is 20.1 Å². The summed E-state index contributed by atoms with van der Waals surface area (Å²) in [5.41, 5.74) is 1.31. The second-order valence-electron chi connectivity index (χ2n) is 7.35. The first kappa shape index (κ1) is 20.6. The molecule has 0 saturated heterocycles. The largest absolute Gasteiger partial charge is 0.497 e. The highest BCUT2D eigenvalue weighted by Crippen LogP contribution is 2.24. The number of hydrogen-bond acceptors (Lipinski definition) is 4. The fraction of sp³-hybridized carbons (Fsp3) is 0.409. The highest BCUT2D eigenvalue weighted by molar-refractivity contribution is 5.80. The molecule has 0 saturated carbocycles. The normalized spacial score (nSPS) is 12.2. The Kier molecular flexibility index (Phi) is 7.11. The first-order valence-electron chi connectivity index (χ1n) is 9.11. The molecule has 0 aliphatic heterocycles. The lowest BCUT2D eigenvalue weighted by Gasteiger charge is -2.20. The van der Waals surface area contributed by atoms with Crippen LogP contribution in [0.15, 0.2) is 48.5 Å². The third-order valence-electron chi connectivity index (χ3n) is 4.11. The quantitative estimate of drug-likeness (QED) is 0.714. The Morgan fingerprint density at radius 3 is 2.33 bits per heavy atom. The summed E-state index contributed by atoms with van der Waals surface area (Å²) in [4.78, 5) is 12.2. The summed E-state index contributed by atoms with van der Waals surface area (Å²) in [5, 5.41) is 2.82. The van der Waals surface area contributed by atoms with Crippen LogP contribution in [0.5, 0.6) is 17.2 Å². The van der Waals surface area contributed by atoms with Crippen LogP contribution in [0.4, 0.5) is 0 Å². The van der Waals surface area contributed by atoms with Gasteiger partial charge in [-0.15, -0.1) is 0 Å². The molecule has 27 heavy (non-hydrogen) atoms. The molecule has 0 heterocycles. The summed E-state index contributed by atoms with van der Waals surface area (Å²) in [6, 6.07) is 15.2. The molecule has 1 N–H and O–H groups in total. The van der Waals surface area contributed by atoms with E-state index in [0.29, 0.717) is 24.7 Å². The average molecular weight is 371 g/mol. The molecule has 0 radical (unpaired) electrons. The third-order valence-corrected chi connectivity index (χ3v) is 4.11. The molecule has 2 aromatic carbocycles. The molecule has 0 aromatic heterocycles. The zero-order chi connectivity index (χ0) is 19.9. The minimum absolute atomic E-state index is 0.0876. The summed E-state index contributed by atoms with van der Waals surface area (Å²) < 4.78 is 16.5. The molecule has 0 spiro atoms. The first-order chi connectivity index (χ1) is 12.8. The maximum absolute atomic E-state index is 12.2. The number of rotatable bonds is 8. The lowest BCUT2D eigenvalue weighted by molar-refractivity contribution is -0.127. The van der Waals surface area contributed by atoms with Crippen molar-refractivity contribution in [2.45, 2.75) is 39.2 Å². The predicted molar refractivity (Wildman–Crippen MR) is 107 cm³/mol. The Bertz CT molecular complexity index is 735. The molecule has 1 amide bonds. The molecule has 146 valence electrons. The summed E-state index contributed by atoms with van der Waals surface area (Å²) in [5.74, 6) is 1.94. The Hall–Kier alpha value is -2.69. The summed E-state index contributed by atoms with van der Waals surface area (Å²) in [6.07, 6.45) is -0.581. The van der Waals surface area contributed by atoms with Crippen LogP contribution in [0, 0.1) is 0 Å². The van der Waals surface area contributed by atoms with Gasteiger partial charge in [0.2, 0.25) is 0 Å². The van der Waals surface area contributed by atoms with Crippen molar-refractivity contribution in [3.05, 3.63) is 54.1 Å². The van der Waals surface area contributed by atoms with E-state index in [1.165, 1.54) is 5.56 Å². The fourth-order valence-electron chi connectivity index (χ4n) is 2.47. The number of carbonyl (C=O) groups excluding carboxylic acids is 1. The molecular formula is C22H29NO4. The van der Waals surface area contributed by atoms with Crippen molar-refractivity contribution in [2.75, 3.05) is 20.3 Å². The van der Waals surface area contributed by atoms with Crippen molar-refractivity contribution in [1.82, 2.24) is 5.32 Å². The number of benzene rings is 2. The lowest BCUT2D eigenvalue weighted by Crippen LogP contribution is -2.38. The van der Waals surface area contributed by atoms with E-state index in [4.69, 9.17) is 14.2 Å². The van der Waals surface area contributed by atoms with Crippen LogP contribution in [0.25, 0.3) is 0 Å². The van der Waals surface area contributed by atoms with Gasteiger partial charge in [0, 0.05) is 6.07 Å². The van der Waals surface area contributed by atoms with Crippen LogP contribution in [-0.2, 0) is 10.2 Å². The van der Waals surface area contributed by atoms with Gasteiger partial charge in [0.1, 0.15) is 23.9 Å². The van der Waals surface area contributed by atoms with E-state index in [1.807, 2.05) is 42.5 Å². The van der Waals surface area contributed by atoms with Gasteiger partial charge in [-0.05, 0) is 42.2 Å². The van der Waals surface area contributed by atoms with Crippen molar-refractivity contribution in [1.29, 1.82) is 0 Å². The van der Waals surface area contributed by atoms with Gasteiger partial charge in [-0.3, -0.25) is 4.79 Å². The number of nitrogens with one attached hydrogen (secondary N) is 1. The van der Waals surface area contributed by atoms with Gasteiger partial charge in [0.25, 0.3) is 5.91 Å². The van der Waals surface area contributed by atoms with Crippen molar-refractivity contribution in [3.63, 3.8) is 0 Å². The molecular weight excluding hydrogens is 342 g/mol. The monoisotopic (exact) mass is 371 g/mol. The highest BCUT2D eigenvalue weighted by Gasteiger charge is 2.16. The van der Waals surface area contributed by atoms with Crippen LogP contribution in [-0.4, -0.2) is 32.3 Å². The minimum atomic E-state index is -0.581. The van der Waals surface area contributed by atoms with Gasteiger partial charge in [0.15, 0.2) is 6.10 Å². The molecule has 0 aliphatic rings. The molecule has 0 fully saturated rings. The maximum atomic E-state index is 12.2. The Morgan fingerprint density at radius 1 is 1.04 bits per heavy atom. The van der Waals surface area contributed by atoms with Gasteiger partial charge in [0.05, 0.1) is 13.7 Å². The lowest BCUT2D eigenvalue weighted by atomic mass is 9.87. The fourth-order valence-corrected chi connectivity index (χ4v) is 2.47. The summed E-state index contributed by atoms with van der Waals surface area (Å²) in [6.45, 7) is 8.97. The Labute approximate surface area is 161 Å². The smallest absolute Gasteiger partial charge is 0.260 e. The van der Waals surface area contributed by atoms with Gasteiger partial charge in [-0.1, -0.05) is 39.0 Å². The topological polar surface area (TPSA) is 56.8 Å². The molecule has 2 aromatic rings. The van der Waals surface area contributed by atoms with Gasteiger partial charge in [-0.25, -0.2) is 0 Å². The second-order valence-corrected chi connectivity index (χ2v) is 7.35. The van der Waals surface area contributed by atoms with Crippen molar-refractivity contribution in [3.8, 4) is 17.2 Å². The standard InChI is InChI=1S/C22H29NO4/c1-16(27-18-11-9-17(10-12-18)22(2,3)4)21(24)23-13-14-26-20-8-6-7-19(15-20)25-5/h6-12,15-16H,13-14H2,1-5H3,(H,23,24)/t16-/m1/s1. The molecule has 0 bridgehead atoms. The van der Waals surface area contributed by atoms with E-state index < -0.39 is 6.10 Å². The van der Waals surface area contributed by atoms with E-state index in [9.17, 15) is 4.79 Å². The number of methoxy groups -OCH3 is 1. The number of amides is 1. The Balaban J connectivity index is 1.75.